The first kappa shape index (κ1) is 18.3. The number of amides is 1. The molecule has 6 nitrogen and oxygen atoms in total. The van der Waals surface area contributed by atoms with Gasteiger partial charge >= 0.3 is 0 Å². The van der Waals surface area contributed by atoms with Crippen LogP contribution in [0, 0.1) is 13.8 Å². The summed E-state index contributed by atoms with van der Waals surface area (Å²) in [5.41, 5.74) is 2.81. The van der Waals surface area contributed by atoms with Gasteiger partial charge in [-0.1, -0.05) is 29.8 Å². The number of rotatable bonds is 5. The highest BCUT2D eigenvalue weighted by Gasteiger charge is 2.19. The number of aryl methyl sites for hydroxylation is 2. The Morgan fingerprint density at radius 3 is 2.62 bits per heavy atom. The molecule has 0 spiro atoms. The van der Waals surface area contributed by atoms with Crippen LogP contribution in [0.2, 0.25) is 0 Å². The van der Waals surface area contributed by atoms with Crippen LogP contribution in [0.15, 0.2) is 40.6 Å². The Hall–Kier alpha value is -2.51. The fraction of sp³-hybridized carbons (Fsp3) is 0.316. The van der Waals surface area contributed by atoms with Gasteiger partial charge in [0, 0.05) is 23.8 Å². The minimum Gasteiger partial charge on any atom is -0.350 e. The first-order chi connectivity index (χ1) is 12.4. The van der Waals surface area contributed by atoms with Crippen molar-refractivity contribution in [2.75, 3.05) is 20.6 Å². The zero-order chi connectivity index (χ0) is 18.8. The maximum absolute atomic E-state index is 12.6. The molecule has 0 fully saturated rings. The Labute approximate surface area is 156 Å². The van der Waals surface area contributed by atoms with Crippen molar-refractivity contribution in [2.24, 2.45) is 0 Å². The van der Waals surface area contributed by atoms with Crippen molar-refractivity contribution in [1.29, 1.82) is 0 Å². The second-order valence-electron chi connectivity index (χ2n) is 6.57. The molecule has 0 aliphatic heterocycles. The molecule has 26 heavy (non-hydrogen) atoms. The molecular formula is C19H22N4O2S. The summed E-state index contributed by atoms with van der Waals surface area (Å²) in [5.74, 6) is -0.401. The fourth-order valence-corrected chi connectivity index (χ4v) is 3.68. The molecule has 2 heterocycles. The van der Waals surface area contributed by atoms with Gasteiger partial charge in [-0.05, 0) is 33.5 Å². The summed E-state index contributed by atoms with van der Waals surface area (Å²) in [7, 11) is 3.93. The van der Waals surface area contributed by atoms with E-state index in [1.54, 1.807) is 0 Å². The molecule has 1 unspecified atom stereocenters. The summed E-state index contributed by atoms with van der Waals surface area (Å²) in [4.78, 5) is 32.0. The van der Waals surface area contributed by atoms with Crippen molar-refractivity contribution < 1.29 is 4.79 Å². The minimum absolute atomic E-state index is 0.0156. The van der Waals surface area contributed by atoms with E-state index in [-0.39, 0.29) is 17.2 Å². The van der Waals surface area contributed by atoms with Crippen LogP contribution >= 0.6 is 11.3 Å². The number of hydrogen-bond acceptors (Lipinski definition) is 5. The highest BCUT2D eigenvalue weighted by molar-refractivity contribution is 7.15. The van der Waals surface area contributed by atoms with Gasteiger partial charge in [-0.25, -0.2) is 4.98 Å². The maximum Gasteiger partial charge on any atom is 0.271 e. The normalized spacial score (nSPS) is 12.5. The molecule has 7 heteroatoms. The Morgan fingerprint density at radius 1 is 1.27 bits per heavy atom. The number of thiazole rings is 1. The number of nitrogens with one attached hydrogen (secondary N) is 1. The maximum atomic E-state index is 12.6. The van der Waals surface area contributed by atoms with E-state index in [4.69, 9.17) is 0 Å². The van der Waals surface area contributed by atoms with Crippen molar-refractivity contribution in [2.45, 2.75) is 19.9 Å². The molecule has 1 atom stereocenters. The molecule has 3 aromatic rings. The van der Waals surface area contributed by atoms with Crippen molar-refractivity contribution in [3.8, 4) is 0 Å². The zero-order valence-electron chi connectivity index (χ0n) is 15.3. The number of carbonyl (C=O) groups is 1. The molecule has 1 amide bonds. The Kier molecular flexibility index (Phi) is 5.20. The van der Waals surface area contributed by atoms with Gasteiger partial charge < -0.3 is 10.2 Å². The van der Waals surface area contributed by atoms with Crippen molar-refractivity contribution >= 4 is 22.2 Å². The van der Waals surface area contributed by atoms with Crippen LogP contribution < -0.4 is 10.9 Å². The first-order valence-corrected chi connectivity index (χ1v) is 9.23. The smallest absolute Gasteiger partial charge is 0.271 e. The van der Waals surface area contributed by atoms with Gasteiger partial charge in [0.05, 0.1) is 6.04 Å². The van der Waals surface area contributed by atoms with Crippen LogP contribution in [0.3, 0.4) is 0 Å². The summed E-state index contributed by atoms with van der Waals surface area (Å²) in [6, 6.07) is 8.24. The average molecular weight is 370 g/mol. The van der Waals surface area contributed by atoms with Gasteiger partial charge in [0.25, 0.3) is 11.5 Å². The highest BCUT2D eigenvalue weighted by Crippen LogP contribution is 2.18. The van der Waals surface area contributed by atoms with E-state index in [0.29, 0.717) is 11.5 Å². The number of fused-ring (bicyclic) bond motifs is 1. The van der Waals surface area contributed by atoms with Gasteiger partial charge in [-0.2, -0.15) is 0 Å². The molecule has 0 saturated carbocycles. The molecule has 0 saturated heterocycles. The van der Waals surface area contributed by atoms with Gasteiger partial charge in [0.15, 0.2) is 4.96 Å². The van der Waals surface area contributed by atoms with Gasteiger partial charge in [-0.3, -0.25) is 14.0 Å². The van der Waals surface area contributed by atoms with E-state index in [0.717, 1.165) is 11.3 Å². The number of carbonyl (C=O) groups excluding carboxylic acids is 1. The van der Waals surface area contributed by atoms with Crippen LogP contribution in [0.1, 0.15) is 33.2 Å². The predicted molar refractivity (Wildman–Crippen MR) is 104 cm³/mol. The van der Waals surface area contributed by atoms with E-state index in [2.05, 4.69) is 34.6 Å². The second-order valence-corrected chi connectivity index (χ2v) is 7.41. The number of aromatic nitrogens is 2. The lowest BCUT2D eigenvalue weighted by atomic mass is 10.0. The third-order valence-electron chi connectivity index (χ3n) is 4.40. The van der Waals surface area contributed by atoms with Crippen LogP contribution in [0.4, 0.5) is 0 Å². The number of benzene rings is 1. The molecule has 1 N–H and O–H groups in total. The lowest BCUT2D eigenvalue weighted by Gasteiger charge is -2.25. The van der Waals surface area contributed by atoms with E-state index < -0.39 is 5.91 Å². The van der Waals surface area contributed by atoms with Crippen molar-refractivity contribution in [1.82, 2.24) is 19.6 Å². The molecule has 136 valence electrons. The first-order valence-electron chi connectivity index (χ1n) is 8.35. The second kappa shape index (κ2) is 7.39. The number of likely N-dealkylation sites (N-methyl/N-ethyl adjacent to an activating group) is 1. The lowest BCUT2D eigenvalue weighted by Crippen LogP contribution is -2.37. The standard InChI is InChI=1S/C19H22N4O2S/c1-12-5-7-14(8-6-12)16(22(3)4)10-20-17(24)15-9-21-19-23(18(15)25)13(2)11-26-19/h5-9,11,16H,10H2,1-4H3,(H,20,24). The topological polar surface area (TPSA) is 66.7 Å². The summed E-state index contributed by atoms with van der Waals surface area (Å²) in [6.45, 7) is 4.27. The van der Waals surface area contributed by atoms with E-state index in [1.807, 2.05) is 38.2 Å². The average Bonchev–Trinajstić information content (AvgIpc) is 2.98. The fourth-order valence-electron chi connectivity index (χ4n) is 2.85. The van der Waals surface area contributed by atoms with Crippen LogP contribution in [-0.2, 0) is 0 Å². The molecule has 3 rings (SSSR count). The van der Waals surface area contributed by atoms with Gasteiger partial charge in [0.2, 0.25) is 0 Å². The SMILES string of the molecule is Cc1ccc(C(CNC(=O)c2cnc3scc(C)n3c2=O)N(C)C)cc1. The quantitative estimate of drug-likeness (QED) is 0.749. The van der Waals surface area contributed by atoms with E-state index >= 15 is 0 Å². The third-order valence-corrected chi connectivity index (χ3v) is 5.36. The Morgan fingerprint density at radius 2 is 1.96 bits per heavy atom. The molecule has 2 aromatic heterocycles. The summed E-state index contributed by atoms with van der Waals surface area (Å²) < 4.78 is 1.48. The van der Waals surface area contributed by atoms with E-state index in [9.17, 15) is 9.59 Å². The molecule has 1 aromatic carbocycles. The lowest BCUT2D eigenvalue weighted by molar-refractivity contribution is 0.0940. The third kappa shape index (κ3) is 3.54. The van der Waals surface area contributed by atoms with Crippen molar-refractivity contribution in [3.05, 3.63) is 68.6 Å². The summed E-state index contributed by atoms with van der Waals surface area (Å²) in [6.07, 6.45) is 1.36. The zero-order valence-corrected chi connectivity index (χ0v) is 16.1. The highest BCUT2D eigenvalue weighted by atomic mass is 32.1. The van der Waals surface area contributed by atoms with Gasteiger partial charge in [0.1, 0.15) is 5.56 Å². The summed E-state index contributed by atoms with van der Waals surface area (Å²) >= 11 is 1.38. The van der Waals surface area contributed by atoms with Crippen LogP contribution in [0.5, 0.6) is 0 Å². The molecular weight excluding hydrogens is 348 g/mol. The van der Waals surface area contributed by atoms with Crippen molar-refractivity contribution in [3.63, 3.8) is 0 Å². The number of hydrogen-bond donors (Lipinski definition) is 1. The largest absolute Gasteiger partial charge is 0.350 e. The van der Waals surface area contributed by atoms with Crippen LogP contribution in [0.25, 0.3) is 4.96 Å². The predicted octanol–water partition coefficient (Wildman–Crippen LogP) is 2.41. The molecule has 0 aliphatic rings. The van der Waals surface area contributed by atoms with Gasteiger partial charge in [-0.15, -0.1) is 11.3 Å². The minimum atomic E-state index is -0.401. The number of nitrogens with zero attached hydrogens (tertiary/aromatic N) is 3. The Balaban J connectivity index is 1.81. The molecule has 0 bridgehead atoms. The summed E-state index contributed by atoms with van der Waals surface area (Å²) in [5, 5.41) is 4.73. The Bertz CT molecular complexity index is 989. The molecule has 0 aliphatic carbocycles. The van der Waals surface area contributed by atoms with Crippen LogP contribution in [-0.4, -0.2) is 40.8 Å². The van der Waals surface area contributed by atoms with E-state index in [1.165, 1.54) is 27.5 Å². The molecule has 0 radical (unpaired) electrons. The monoisotopic (exact) mass is 370 g/mol.